The summed E-state index contributed by atoms with van der Waals surface area (Å²) in [6, 6.07) is 4.49. The van der Waals surface area contributed by atoms with E-state index in [1.165, 1.54) is 89.2 Å². The lowest BCUT2D eigenvalue weighted by Gasteiger charge is -2.03. The normalized spacial score (nSPS) is 11.0. The highest BCUT2D eigenvalue weighted by Gasteiger charge is 2.02. The second-order valence-electron chi connectivity index (χ2n) is 6.38. The zero-order valence-corrected chi connectivity index (χ0v) is 14.4. The first-order chi connectivity index (χ1) is 10.4. The molecule has 0 fully saturated rings. The molecule has 1 heterocycles. The Hall–Kier alpha value is -0.850. The van der Waals surface area contributed by atoms with E-state index in [4.69, 9.17) is 0 Å². The molecule has 0 aromatic carbocycles. The van der Waals surface area contributed by atoms with E-state index in [0.717, 1.165) is 0 Å². The van der Waals surface area contributed by atoms with Crippen molar-refractivity contribution in [2.75, 3.05) is 0 Å². The summed E-state index contributed by atoms with van der Waals surface area (Å²) in [5.74, 6) is 0. The summed E-state index contributed by atoms with van der Waals surface area (Å²) < 4.78 is 2.35. The second-order valence-corrected chi connectivity index (χ2v) is 6.38. The van der Waals surface area contributed by atoms with Crippen LogP contribution in [-0.4, -0.2) is 0 Å². The third-order valence-electron chi connectivity index (χ3n) is 4.26. The maximum atomic E-state index is 2.35. The molecule has 0 bridgehead atoms. The molecule has 0 amide bonds. The van der Waals surface area contributed by atoms with Crippen molar-refractivity contribution in [2.45, 2.75) is 97.4 Å². The molecule has 0 saturated carbocycles. The van der Waals surface area contributed by atoms with Gasteiger partial charge in [0.15, 0.2) is 12.4 Å². The summed E-state index contributed by atoms with van der Waals surface area (Å²) in [7, 11) is 0. The average molecular weight is 291 g/mol. The fraction of sp³-hybridized carbons (Fsp3) is 0.750. The molecular weight excluding hydrogens is 254 g/mol. The van der Waals surface area contributed by atoms with Crippen LogP contribution in [0.2, 0.25) is 0 Å². The molecule has 1 heteroatoms. The Bertz CT molecular complexity index is 345. The first-order valence-corrected chi connectivity index (χ1v) is 9.34. The smallest absolute Gasteiger partial charge is 0.171 e. The molecule has 1 aromatic rings. The molecular formula is C20H36N+. The topological polar surface area (TPSA) is 3.88 Å². The summed E-state index contributed by atoms with van der Waals surface area (Å²) in [4.78, 5) is 0. The molecule has 0 atom stereocenters. The molecule has 0 aliphatic carbocycles. The van der Waals surface area contributed by atoms with Gasteiger partial charge in [-0.1, -0.05) is 71.6 Å². The molecule has 1 aromatic heterocycles. The van der Waals surface area contributed by atoms with E-state index in [-0.39, 0.29) is 0 Å². The molecule has 21 heavy (non-hydrogen) atoms. The van der Waals surface area contributed by atoms with E-state index in [0.29, 0.717) is 0 Å². The molecule has 0 saturated heterocycles. The lowest BCUT2D eigenvalue weighted by atomic mass is 10.0. The Labute approximate surface area is 132 Å². The maximum Gasteiger partial charge on any atom is 0.171 e. The maximum absolute atomic E-state index is 2.35. The summed E-state index contributed by atoms with van der Waals surface area (Å²) >= 11 is 0. The van der Waals surface area contributed by atoms with Crippen molar-refractivity contribution in [1.29, 1.82) is 0 Å². The van der Waals surface area contributed by atoms with E-state index < -0.39 is 0 Å². The number of nitrogens with zero attached hydrogens (tertiary/aromatic N) is 1. The summed E-state index contributed by atoms with van der Waals surface area (Å²) in [5.41, 5.74) is 1.51. The SMILES string of the molecule is CCCCCCCCCCCc1ccc[n+](CCCC)c1. The first-order valence-electron chi connectivity index (χ1n) is 9.34. The van der Waals surface area contributed by atoms with Crippen LogP contribution >= 0.6 is 0 Å². The van der Waals surface area contributed by atoms with Gasteiger partial charge in [-0.2, -0.15) is 0 Å². The van der Waals surface area contributed by atoms with Crippen molar-refractivity contribution in [1.82, 2.24) is 0 Å². The van der Waals surface area contributed by atoms with Crippen LogP contribution in [0.1, 0.15) is 90.0 Å². The number of unbranched alkanes of at least 4 members (excludes halogenated alkanes) is 9. The van der Waals surface area contributed by atoms with Crippen molar-refractivity contribution in [3.8, 4) is 0 Å². The third kappa shape index (κ3) is 9.66. The van der Waals surface area contributed by atoms with E-state index >= 15 is 0 Å². The van der Waals surface area contributed by atoms with Crippen molar-refractivity contribution < 1.29 is 4.57 Å². The lowest BCUT2D eigenvalue weighted by molar-refractivity contribution is -0.697. The van der Waals surface area contributed by atoms with Gasteiger partial charge in [-0.15, -0.1) is 0 Å². The molecule has 0 N–H and O–H groups in total. The van der Waals surface area contributed by atoms with Gasteiger partial charge in [-0.3, -0.25) is 0 Å². The van der Waals surface area contributed by atoms with E-state index in [1.54, 1.807) is 0 Å². The average Bonchev–Trinajstić information content (AvgIpc) is 2.52. The van der Waals surface area contributed by atoms with Crippen molar-refractivity contribution in [3.63, 3.8) is 0 Å². The third-order valence-corrected chi connectivity index (χ3v) is 4.26. The van der Waals surface area contributed by atoms with Crippen LogP contribution in [0.4, 0.5) is 0 Å². The second kappa shape index (κ2) is 12.9. The minimum Gasteiger partial charge on any atom is -0.205 e. The molecule has 120 valence electrons. The van der Waals surface area contributed by atoms with Crippen LogP contribution in [-0.2, 0) is 13.0 Å². The molecule has 1 rings (SSSR count). The summed E-state index contributed by atoms with van der Waals surface area (Å²) in [6.07, 6.45) is 21.1. The number of aromatic nitrogens is 1. The molecule has 0 unspecified atom stereocenters. The highest BCUT2D eigenvalue weighted by atomic mass is 14.9. The Kier molecular flexibility index (Phi) is 11.1. The van der Waals surface area contributed by atoms with Gasteiger partial charge in [0, 0.05) is 18.1 Å². The standard InChI is InChI=1S/C20H36N/c1-3-5-7-8-9-10-11-12-13-15-20-16-14-18-21(19-20)17-6-4-2/h14,16,18-19H,3-13,15,17H2,1-2H3/q+1. The number of hydrogen-bond acceptors (Lipinski definition) is 0. The molecule has 0 aliphatic heterocycles. The Balaban J connectivity index is 2.04. The largest absolute Gasteiger partial charge is 0.205 e. The van der Waals surface area contributed by atoms with Crippen LogP contribution in [0.15, 0.2) is 24.5 Å². The van der Waals surface area contributed by atoms with Crippen molar-refractivity contribution in [3.05, 3.63) is 30.1 Å². The van der Waals surface area contributed by atoms with Crippen LogP contribution in [0.3, 0.4) is 0 Å². The van der Waals surface area contributed by atoms with Crippen LogP contribution in [0.25, 0.3) is 0 Å². The summed E-state index contributed by atoms with van der Waals surface area (Å²) in [5, 5.41) is 0. The number of aryl methyl sites for hydroxylation is 2. The Morgan fingerprint density at radius 3 is 2.05 bits per heavy atom. The minimum atomic E-state index is 1.17. The predicted octanol–water partition coefficient (Wildman–Crippen LogP) is 5.85. The number of hydrogen-bond donors (Lipinski definition) is 0. The van der Waals surface area contributed by atoms with Gasteiger partial charge in [-0.25, -0.2) is 4.57 Å². The highest BCUT2D eigenvalue weighted by molar-refractivity contribution is 5.05. The van der Waals surface area contributed by atoms with Gasteiger partial charge in [0.05, 0.1) is 0 Å². The molecule has 1 nitrogen and oxygen atoms in total. The fourth-order valence-electron chi connectivity index (χ4n) is 2.84. The van der Waals surface area contributed by atoms with Gasteiger partial charge in [0.2, 0.25) is 0 Å². The quantitative estimate of drug-likeness (QED) is 0.317. The number of rotatable bonds is 13. The van der Waals surface area contributed by atoms with E-state index in [2.05, 4.69) is 42.9 Å². The van der Waals surface area contributed by atoms with E-state index in [9.17, 15) is 0 Å². The highest BCUT2D eigenvalue weighted by Crippen LogP contribution is 2.11. The monoisotopic (exact) mass is 290 g/mol. The first kappa shape index (κ1) is 18.2. The van der Waals surface area contributed by atoms with E-state index in [1.807, 2.05) is 0 Å². The Morgan fingerprint density at radius 2 is 1.38 bits per heavy atom. The zero-order chi connectivity index (χ0) is 15.2. The van der Waals surface area contributed by atoms with Crippen LogP contribution in [0, 0.1) is 0 Å². The predicted molar refractivity (Wildman–Crippen MR) is 92.5 cm³/mol. The van der Waals surface area contributed by atoms with Gasteiger partial charge in [-0.05, 0) is 18.9 Å². The molecule has 0 aliphatic rings. The molecule has 0 spiro atoms. The van der Waals surface area contributed by atoms with Gasteiger partial charge < -0.3 is 0 Å². The van der Waals surface area contributed by atoms with Gasteiger partial charge >= 0.3 is 0 Å². The fourth-order valence-corrected chi connectivity index (χ4v) is 2.84. The van der Waals surface area contributed by atoms with Gasteiger partial charge in [0.25, 0.3) is 0 Å². The van der Waals surface area contributed by atoms with Crippen LogP contribution in [0.5, 0.6) is 0 Å². The van der Waals surface area contributed by atoms with Gasteiger partial charge in [0.1, 0.15) is 6.54 Å². The minimum absolute atomic E-state index is 1.17. The van der Waals surface area contributed by atoms with Crippen molar-refractivity contribution in [2.24, 2.45) is 0 Å². The number of pyridine rings is 1. The zero-order valence-electron chi connectivity index (χ0n) is 14.4. The summed E-state index contributed by atoms with van der Waals surface area (Å²) in [6.45, 7) is 5.71. The lowest BCUT2D eigenvalue weighted by Crippen LogP contribution is -2.33. The van der Waals surface area contributed by atoms with Crippen molar-refractivity contribution >= 4 is 0 Å². The molecule has 0 radical (unpaired) electrons. The Morgan fingerprint density at radius 1 is 0.762 bits per heavy atom. The van der Waals surface area contributed by atoms with Crippen LogP contribution < -0.4 is 4.57 Å².